The molecule has 0 aliphatic heterocycles. The van der Waals surface area contributed by atoms with Gasteiger partial charge in [-0.15, -0.1) is 12.3 Å². The Morgan fingerprint density at radius 2 is 1.29 bits per heavy atom. The maximum atomic E-state index is 7.03. The molecule has 0 amide bonds. The summed E-state index contributed by atoms with van der Waals surface area (Å²) in [5.74, 6) is 2.84. The Morgan fingerprint density at radius 1 is 0.794 bits per heavy atom. The van der Waals surface area contributed by atoms with Crippen LogP contribution in [0.5, 0.6) is 0 Å². The molecule has 186 valence electrons. The Balaban J connectivity index is 2.14. The van der Waals surface area contributed by atoms with Gasteiger partial charge >= 0.3 is 0 Å². The second-order valence-electron chi connectivity index (χ2n) is 11.9. The van der Waals surface area contributed by atoms with Crippen LogP contribution in [0.3, 0.4) is 0 Å². The highest BCUT2D eigenvalue weighted by Gasteiger charge is 2.50. The first-order valence-electron chi connectivity index (χ1n) is 12.7. The number of hydrogen-bond donors (Lipinski definition) is 0. The van der Waals surface area contributed by atoms with Gasteiger partial charge in [0.25, 0.3) is 8.32 Å². The highest BCUT2D eigenvalue weighted by molar-refractivity contribution is 6.99. The molecular weight excluding hydrogens is 449 g/mol. The molecule has 0 fully saturated rings. The third-order valence-electron chi connectivity index (χ3n) is 7.27. The summed E-state index contributed by atoms with van der Waals surface area (Å²) in [7, 11) is -4.30. The largest absolute Gasteiger partial charge is 0.413 e. The van der Waals surface area contributed by atoms with Crippen LogP contribution < -0.4 is 10.4 Å². The maximum Gasteiger partial charge on any atom is 0.261 e. The summed E-state index contributed by atoms with van der Waals surface area (Å²) in [5, 5.41) is 2.86. The lowest BCUT2D eigenvalue weighted by molar-refractivity contribution is 0.168. The first-order chi connectivity index (χ1) is 15.8. The van der Waals surface area contributed by atoms with E-state index in [2.05, 4.69) is 121 Å². The molecule has 2 rings (SSSR count). The first-order valence-corrected chi connectivity index (χ1v) is 17.5. The zero-order valence-electron chi connectivity index (χ0n) is 22.8. The maximum absolute atomic E-state index is 7.03. The summed E-state index contributed by atoms with van der Waals surface area (Å²) in [4.78, 5) is 0. The Labute approximate surface area is 211 Å². The molecular formula is C30H46O2Si2. The summed E-state index contributed by atoms with van der Waals surface area (Å²) in [6.45, 7) is 19.2. The molecule has 2 nitrogen and oxygen atoms in total. The van der Waals surface area contributed by atoms with Crippen LogP contribution in [-0.4, -0.2) is 29.3 Å². The molecule has 0 aliphatic carbocycles. The molecule has 0 aliphatic rings. The van der Waals surface area contributed by atoms with Crippen molar-refractivity contribution in [2.75, 3.05) is 6.61 Å². The number of hydrogen-bond acceptors (Lipinski definition) is 2. The van der Waals surface area contributed by atoms with Crippen LogP contribution in [0.2, 0.25) is 23.2 Å². The van der Waals surface area contributed by atoms with E-state index in [9.17, 15) is 0 Å². The summed E-state index contributed by atoms with van der Waals surface area (Å²) >= 11 is 0. The lowest BCUT2D eigenvalue weighted by Crippen LogP contribution is -2.66. The van der Waals surface area contributed by atoms with Crippen molar-refractivity contribution in [3.05, 3.63) is 60.7 Å². The van der Waals surface area contributed by atoms with Crippen LogP contribution in [0.1, 0.15) is 67.2 Å². The van der Waals surface area contributed by atoms with Gasteiger partial charge in [-0.2, -0.15) is 0 Å². The number of rotatable bonds is 11. The SMILES string of the molecule is C#CC[C@@H](CCCCO[Si](c1ccccc1)(c1ccccc1)C(C)(C)C)O[Si](C)(C)C(C)(C)C. The molecule has 0 unspecified atom stereocenters. The lowest BCUT2D eigenvalue weighted by atomic mass is 10.1. The molecule has 0 aromatic heterocycles. The van der Waals surface area contributed by atoms with Crippen LogP contribution in [0.15, 0.2) is 60.7 Å². The average Bonchev–Trinajstić information content (AvgIpc) is 2.75. The third-order valence-corrected chi connectivity index (χ3v) is 16.8. The van der Waals surface area contributed by atoms with E-state index < -0.39 is 16.6 Å². The number of terminal acetylenes is 1. The minimum atomic E-state index is -2.46. The van der Waals surface area contributed by atoms with Crippen molar-refractivity contribution in [2.24, 2.45) is 0 Å². The standard InChI is InChI=1S/C30H46O2Si2/c1-10-19-26(32-33(8,9)29(2,3)4)20-17-18-25-31-34(30(5,6)7,27-21-13-11-14-22-27)28-23-15-12-16-24-28/h1,11-16,21-24,26H,17-20,25H2,2-9H3/t26-/m0/s1. The zero-order valence-corrected chi connectivity index (χ0v) is 24.8. The van der Waals surface area contributed by atoms with Crippen molar-refractivity contribution in [3.63, 3.8) is 0 Å². The molecule has 34 heavy (non-hydrogen) atoms. The van der Waals surface area contributed by atoms with Gasteiger partial charge in [-0.3, -0.25) is 0 Å². The smallest absolute Gasteiger partial charge is 0.261 e. The third kappa shape index (κ3) is 6.95. The summed E-state index contributed by atoms with van der Waals surface area (Å²) in [6, 6.07) is 21.7. The van der Waals surface area contributed by atoms with Crippen LogP contribution in [-0.2, 0) is 8.85 Å². The molecule has 2 aromatic rings. The highest BCUT2D eigenvalue weighted by Crippen LogP contribution is 2.39. The van der Waals surface area contributed by atoms with Crippen molar-refractivity contribution in [1.29, 1.82) is 0 Å². The van der Waals surface area contributed by atoms with E-state index in [0.29, 0.717) is 6.42 Å². The van der Waals surface area contributed by atoms with Gasteiger partial charge in [0.2, 0.25) is 0 Å². The van der Waals surface area contributed by atoms with Gasteiger partial charge < -0.3 is 8.85 Å². The Kier molecular flexibility index (Phi) is 9.97. The molecule has 2 aromatic carbocycles. The Hall–Kier alpha value is -1.65. The molecule has 1 atom stereocenters. The van der Waals surface area contributed by atoms with E-state index in [4.69, 9.17) is 15.3 Å². The molecule has 0 spiro atoms. The fourth-order valence-electron chi connectivity index (χ4n) is 4.39. The van der Waals surface area contributed by atoms with Gasteiger partial charge in [-0.25, -0.2) is 0 Å². The minimum Gasteiger partial charge on any atom is -0.413 e. The molecule has 0 saturated carbocycles. The van der Waals surface area contributed by atoms with E-state index in [-0.39, 0.29) is 16.2 Å². The van der Waals surface area contributed by atoms with Gasteiger partial charge in [0.15, 0.2) is 8.32 Å². The summed E-state index contributed by atoms with van der Waals surface area (Å²) < 4.78 is 13.7. The monoisotopic (exact) mass is 494 g/mol. The van der Waals surface area contributed by atoms with Crippen molar-refractivity contribution in [1.82, 2.24) is 0 Å². The second kappa shape index (κ2) is 11.9. The zero-order chi connectivity index (χ0) is 25.5. The van der Waals surface area contributed by atoms with Crippen molar-refractivity contribution in [3.8, 4) is 12.3 Å². The predicted molar refractivity (Wildman–Crippen MR) is 153 cm³/mol. The van der Waals surface area contributed by atoms with Crippen LogP contribution in [0.4, 0.5) is 0 Å². The van der Waals surface area contributed by atoms with E-state index in [0.717, 1.165) is 25.9 Å². The van der Waals surface area contributed by atoms with Gasteiger partial charge in [-0.05, 0) is 52.8 Å². The van der Waals surface area contributed by atoms with Crippen molar-refractivity contribution in [2.45, 2.75) is 96.5 Å². The Bertz CT molecular complexity index is 863. The Morgan fingerprint density at radius 3 is 1.71 bits per heavy atom. The average molecular weight is 495 g/mol. The van der Waals surface area contributed by atoms with E-state index in [1.165, 1.54) is 10.4 Å². The van der Waals surface area contributed by atoms with Crippen molar-refractivity contribution >= 4 is 27.0 Å². The fourth-order valence-corrected chi connectivity index (χ4v) is 10.4. The van der Waals surface area contributed by atoms with Crippen LogP contribution in [0.25, 0.3) is 0 Å². The highest BCUT2D eigenvalue weighted by atomic mass is 28.4. The molecule has 0 N–H and O–H groups in total. The topological polar surface area (TPSA) is 18.5 Å². The molecule has 0 radical (unpaired) electrons. The van der Waals surface area contributed by atoms with E-state index in [1.807, 2.05) is 0 Å². The quantitative estimate of drug-likeness (QED) is 0.188. The number of unbranched alkanes of at least 4 members (excludes halogenated alkanes) is 1. The molecule has 4 heteroatoms. The van der Waals surface area contributed by atoms with Crippen LogP contribution in [0, 0.1) is 12.3 Å². The van der Waals surface area contributed by atoms with Crippen LogP contribution >= 0.6 is 0 Å². The summed E-state index contributed by atoms with van der Waals surface area (Å²) in [5.41, 5.74) is 0. The van der Waals surface area contributed by atoms with Gasteiger partial charge in [0, 0.05) is 13.0 Å². The van der Waals surface area contributed by atoms with E-state index in [1.54, 1.807) is 0 Å². The molecule has 0 saturated heterocycles. The molecule has 0 bridgehead atoms. The fraction of sp³-hybridized carbons (Fsp3) is 0.533. The first kappa shape index (κ1) is 28.6. The number of benzene rings is 2. The lowest BCUT2D eigenvalue weighted by Gasteiger charge is -2.43. The predicted octanol–water partition coefficient (Wildman–Crippen LogP) is 7.15. The normalized spacial score (nSPS) is 14.0. The van der Waals surface area contributed by atoms with Gasteiger partial charge in [-0.1, -0.05) is 102 Å². The minimum absolute atomic E-state index is 0.00710. The van der Waals surface area contributed by atoms with Crippen molar-refractivity contribution < 1.29 is 8.85 Å². The van der Waals surface area contributed by atoms with Gasteiger partial charge in [0.1, 0.15) is 0 Å². The van der Waals surface area contributed by atoms with E-state index >= 15 is 0 Å². The van der Waals surface area contributed by atoms with Gasteiger partial charge in [0.05, 0.1) is 6.10 Å². The second-order valence-corrected chi connectivity index (χ2v) is 21.0. The summed E-state index contributed by atoms with van der Waals surface area (Å²) in [6.07, 6.45) is 9.56. The molecule has 0 heterocycles.